The molecule has 6 nitrogen and oxygen atoms in total. The fourth-order valence-electron chi connectivity index (χ4n) is 2.79. The van der Waals surface area contributed by atoms with E-state index in [9.17, 15) is 13.2 Å². The number of carbonyl (C=O) groups excluding carboxylic acids is 1. The number of amides is 1. The van der Waals surface area contributed by atoms with Crippen LogP contribution in [0.2, 0.25) is 5.02 Å². The minimum atomic E-state index is -3.57. The number of rotatable bonds is 9. The van der Waals surface area contributed by atoms with Gasteiger partial charge in [0.25, 0.3) is 0 Å². The van der Waals surface area contributed by atoms with Gasteiger partial charge < -0.3 is 10.6 Å². The second-order valence-electron chi connectivity index (χ2n) is 6.32. The topological polar surface area (TPSA) is 78.5 Å². The van der Waals surface area contributed by atoms with Gasteiger partial charge in [-0.25, -0.2) is 8.42 Å². The summed E-state index contributed by atoms with van der Waals surface area (Å²) in [4.78, 5) is 12.4. The molecule has 0 saturated heterocycles. The van der Waals surface area contributed by atoms with E-state index < -0.39 is 10.0 Å². The fourth-order valence-corrected chi connectivity index (χ4v) is 4.49. The lowest BCUT2D eigenvalue weighted by Gasteiger charge is -2.19. The Bertz CT molecular complexity index is 914. The molecule has 0 aliphatic rings. The van der Waals surface area contributed by atoms with Gasteiger partial charge in [-0.2, -0.15) is 4.31 Å². The van der Waals surface area contributed by atoms with Crippen molar-refractivity contribution in [1.82, 2.24) is 9.62 Å². The Balaban J connectivity index is 2.01. The molecule has 2 N–H and O–H groups in total. The quantitative estimate of drug-likeness (QED) is 0.645. The van der Waals surface area contributed by atoms with Crippen LogP contribution in [0.5, 0.6) is 0 Å². The minimum absolute atomic E-state index is 0.0566. The maximum absolute atomic E-state index is 12.6. The second-order valence-corrected chi connectivity index (χ2v) is 8.70. The van der Waals surface area contributed by atoms with Crippen LogP contribution in [0, 0.1) is 0 Å². The van der Waals surface area contributed by atoms with Crippen molar-refractivity contribution in [3.8, 4) is 0 Å². The van der Waals surface area contributed by atoms with Crippen LogP contribution in [-0.4, -0.2) is 38.3 Å². The molecule has 152 valence electrons. The maximum Gasteiger partial charge on any atom is 0.243 e. The van der Waals surface area contributed by atoms with Crippen LogP contribution in [0.15, 0.2) is 53.4 Å². The van der Waals surface area contributed by atoms with Gasteiger partial charge in [-0.05, 0) is 42.8 Å². The zero-order valence-corrected chi connectivity index (χ0v) is 17.8. The van der Waals surface area contributed by atoms with E-state index in [0.717, 1.165) is 5.56 Å². The monoisotopic (exact) mass is 423 g/mol. The number of sulfonamides is 1. The summed E-state index contributed by atoms with van der Waals surface area (Å²) in [5.41, 5.74) is 1.42. The Morgan fingerprint density at radius 3 is 2.43 bits per heavy atom. The van der Waals surface area contributed by atoms with Crippen molar-refractivity contribution < 1.29 is 13.2 Å². The molecule has 0 heterocycles. The zero-order chi connectivity index (χ0) is 20.7. The molecule has 2 aromatic carbocycles. The highest BCUT2D eigenvalue weighted by Crippen LogP contribution is 2.20. The summed E-state index contributed by atoms with van der Waals surface area (Å²) in [5.74, 6) is -0.258. The van der Waals surface area contributed by atoms with Crippen molar-refractivity contribution in [1.29, 1.82) is 0 Å². The standard InChI is InChI=1S/C20H26ClN3O3S/c1-4-24(5-2)28(26,27)19-11-7-10-18(13-19)23-20(25)14-22-15(3)16-8-6-9-17(21)12-16/h6-13,15,22H,4-5,14H2,1-3H3,(H,23,25)/t15-/m1/s1. The molecule has 2 rings (SSSR count). The average molecular weight is 424 g/mol. The first-order valence-electron chi connectivity index (χ1n) is 9.16. The Labute approximate surface area is 171 Å². The van der Waals surface area contributed by atoms with E-state index in [1.54, 1.807) is 32.0 Å². The SMILES string of the molecule is CCN(CC)S(=O)(=O)c1cccc(NC(=O)CN[C@H](C)c2cccc(Cl)c2)c1. The Kier molecular flexibility index (Phi) is 8.00. The van der Waals surface area contributed by atoms with Gasteiger partial charge in [-0.1, -0.05) is 43.6 Å². The minimum Gasteiger partial charge on any atom is -0.325 e. The molecule has 2 aromatic rings. The van der Waals surface area contributed by atoms with Crippen molar-refractivity contribution in [2.45, 2.75) is 31.7 Å². The molecule has 0 bridgehead atoms. The second kappa shape index (κ2) is 10.0. The molecule has 28 heavy (non-hydrogen) atoms. The van der Waals surface area contributed by atoms with Crippen molar-refractivity contribution in [3.63, 3.8) is 0 Å². The van der Waals surface area contributed by atoms with Crippen molar-refractivity contribution in [2.24, 2.45) is 0 Å². The molecule has 0 aliphatic carbocycles. The van der Waals surface area contributed by atoms with Gasteiger partial charge in [-0.3, -0.25) is 4.79 Å². The molecular weight excluding hydrogens is 398 g/mol. The highest BCUT2D eigenvalue weighted by Gasteiger charge is 2.21. The average Bonchev–Trinajstić information content (AvgIpc) is 2.67. The summed E-state index contributed by atoms with van der Waals surface area (Å²) in [6, 6.07) is 13.7. The van der Waals surface area contributed by atoms with E-state index in [1.165, 1.54) is 16.4 Å². The van der Waals surface area contributed by atoms with Gasteiger partial charge in [0, 0.05) is 29.8 Å². The summed E-state index contributed by atoms with van der Waals surface area (Å²) >= 11 is 5.99. The van der Waals surface area contributed by atoms with Crippen LogP contribution in [0.3, 0.4) is 0 Å². The van der Waals surface area contributed by atoms with E-state index in [4.69, 9.17) is 11.6 Å². The van der Waals surface area contributed by atoms with Crippen LogP contribution < -0.4 is 10.6 Å². The number of carbonyl (C=O) groups is 1. The van der Waals surface area contributed by atoms with Crippen LogP contribution in [0.4, 0.5) is 5.69 Å². The Morgan fingerprint density at radius 1 is 1.11 bits per heavy atom. The molecule has 1 amide bonds. The lowest BCUT2D eigenvalue weighted by atomic mass is 10.1. The number of hydrogen-bond donors (Lipinski definition) is 2. The predicted molar refractivity (Wildman–Crippen MR) is 113 cm³/mol. The van der Waals surface area contributed by atoms with Crippen LogP contribution in [0.25, 0.3) is 0 Å². The first kappa shape index (κ1) is 22.4. The van der Waals surface area contributed by atoms with Gasteiger partial charge in [0.15, 0.2) is 0 Å². The number of benzene rings is 2. The number of nitrogens with zero attached hydrogens (tertiary/aromatic N) is 1. The normalized spacial score (nSPS) is 12.8. The molecular formula is C20H26ClN3O3S. The third-order valence-corrected chi connectivity index (χ3v) is 6.66. The van der Waals surface area contributed by atoms with Crippen LogP contribution in [0.1, 0.15) is 32.4 Å². The maximum atomic E-state index is 12.6. The number of hydrogen-bond acceptors (Lipinski definition) is 4. The van der Waals surface area contributed by atoms with Gasteiger partial charge in [0.05, 0.1) is 11.4 Å². The van der Waals surface area contributed by atoms with E-state index in [0.29, 0.717) is 23.8 Å². The molecule has 0 unspecified atom stereocenters. The summed E-state index contributed by atoms with van der Waals surface area (Å²) in [5, 5.41) is 6.51. The summed E-state index contributed by atoms with van der Waals surface area (Å²) < 4.78 is 26.6. The molecule has 0 spiro atoms. The predicted octanol–water partition coefficient (Wildman–Crippen LogP) is 3.66. The summed E-state index contributed by atoms with van der Waals surface area (Å²) in [7, 11) is -3.57. The number of halogens is 1. The molecule has 0 fully saturated rings. The number of anilines is 1. The molecule has 8 heteroatoms. The smallest absolute Gasteiger partial charge is 0.243 e. The van der Waals surface area contributed by atoms with Crippen LogP contribution >= 0.6 is 11.6 Å². The lowest BCUT2D eigenvalue weighted by Crippen LogP contribution is -2.31. The zero-order valence-electron chi connectivity index (χ0n) is 16.3. The molecule has 0 aliphatic heterocycles. The Morgan fingerprint density at radius 2 is 1.79 bits per heavy atom. The first-order valence-corrected chi connectivity index (χ1v) is 11.0. The summed E-state index contributed by atoms with van der Waals surface area (Å²) in [6.07, 6.45) is 0. The van der Waals surface area contributed by atoms with Gasteiger partial charge in [0.2, 0.25) is 15.9 Å². The van der Waals surface area contributed by atoms with Crippen molar-refractivity contribution >= 4 is 33.2 Å². The third kappa shape index (κ3) is 5.78. The van der Waals surface area contributed by atoms with Crippen LogP contribution in [-0.2, 0) is 14.8 Å². The van der Waals surface area contributed by atoms with Gasteiger partial charge in [-0.15, -0.1) is 0 Å². The lowest BCUT2D eigenvalue weighted by molar-refractivity contribution is -0.115. The highest BCUT2D eigenvalue weighted by atomic mass is 35.5. The van der Waals surface area contributed by atoms with E-state index in [2.05, 4.69) is 10.6 Å². The first-order chi connectivity index (χ1) is 13.3. The highest BCUT2D eigenvalue weighted by molar-refractivity contribution is 7.89. The summed E-state index contributed by atoms with van der Waals surface area (Å²) in [6.45, 7) is 6.39. The van der Waals surface area contributed by atoms with Crippen molar-refractivity contribution in [2.75, 3.05) is 25.0 Å². The molecule has 1 atom stereocenters. The third-order valence-electron chi connectivity index (χ3n) is 4.38. The molecule has 0 aromatic heterocycles. The number of nitrogens with one attached hydrogen (secondary N) is 2. The van der Waals surface area contributed by atoms with Gasteiger partial charge >= 0.3 is 0 Å². The molecule has 0 saturated carbocycles. The fraction of sp³-hybridized carbons (Fsp3) is 0.350. The Hall–Kier alpha value is -1.93. The van der Waals surface area contributed by atoms with E-state index in [-0.39, 0.29) is 23.4 Å². The molecule has 0 radical (unpaired) electrons. The van der Waals surface area contributed by atoms with E-state index >= 15 is 0 Å². The van der Waals surface area contributed by atoms with E-state index in [1.807, 2.05) is 25.1 Å². The van der Waals surface area contributed by atoms with Gasteiger partial charge in [0.1, 0.15) is 0 Å². The largest absolute Gasteiger partial charge is 0.325 e. The van der Waals surface area contributed by atoms with Crippen molar-refractivity contribution in [3.05, 3.63) is 59.1 Å².